The van der Waals surface area contributed by atoms with E-state index < -0.39 is 18.2 Å². The Morgan fingerprint density at radius 1 is 1.55 bits per heavy atom. The molecule has 0 aromatic rings. The Bertz CT molecular complexity index is 151. The monoisotopic (exact) mass is 160 g/mol. The first-order valence-corrected chi connectivity index (χ1v) is 3.20. The summed E-state index contributed by atoms with van der Waals surface area (Å²) in [6, 6.07) is 0. The lowest BCUT2D eigenvalue weighted by Crippen LogP contribution is -2.19. The molecule has 0 rings (SSSR count). The lowest BCUT2D eigenvalue weighted by Gasteiger charge is -2.06. The van der Waals surface area contributed by atoms with Gasteiger partial charge in [0.1, 0.15) is 0 Å². The number of rotatable bonds is 3. The molecule has 0 aliphatic carbocycles. The number of carbonyl (C=O) groups is 1. The van der Waals surface area contributed by atoms with E-state index in [0.29, 0.717) is 0 Å². The summed E-state index contributed by atoms with van der Waals surface area (Å²) in [5.41, 5.74) is 0. The van der Waals surface area contributed by atoms with Gasteiger partial charge in [-0.15, -0.1) is 0 Å². The summed E-state index contributed by atoms with van der Waals surface area (Å²) in [4.78, 5) is 10.4. The van der Waals surface area contributed by atoms with Gasteiger partial charge in [0.15, 0.2) is 0 Å². The second-order valence-corrected chi connectivity index (χ2v) is 2.11. The predicted octanol–water partition coefficient (Wildman–Crippen LogP) is -0.543. The highest BCUT2D eigenvalue weighted by atomic mass is 16.5. The zero-order valence-corrected chi connectivity index (χ0v) is 6.52. The largest absolute Gasteiger partial charge is 0.466 e. The minimum Gasteiger partial charge on any atom is -0.466 e. The number of hydrogen-bond acceptors (Lipinski definition) is 4. The van der Waals surface area contributed by atoms with E-state index in [1.54, 1.807) is 0 Å². The highest BCUT2D eigenvalue weighted by Crippen LogP contribution is 1.93. The number of ether oxygens (including phenoxy) is 1. The zero-order valence-electron chi connectivity index (χ0n) is 6.52. The number of aliphatic hydroxyl groups is 2. The molecule has 4 heteroatoms. The minimum absolute atomic E-state index is 0.551. The van der Waals surface area contributed by atoms with Gasteiger partial charge in [0.2, 0.25) is 0 Å². The first-order chi connectivity index (χ1) is 5.07. The van der Waals surface area contributed by atoms with E-state index in [0.717, 1.165) is 6.08 Å². The van der Waals surface area contributed by atoms with Crippen LogP contribution in [0.5, 0.6) is 0 Å². The van der Waals surface area contributed by atoms with Crippen molar-refractivity contribution >= 4 is 5.97 Å². The second-order valence-electron chi connectivity index (χ2n) is 2.11. The van der Waals surface area contributed by atoms with E-state index in [-0.39, 0.29) is 0 Å². The molecule has 0 aliphatic heterocycles. The molecule has 0 saturated heterocycles. The Morgan fingerprint density at radius 3 is 2.45 bits per heavy atom. The van der Waals surface area contributed by atoms with Crippen molar-refractivity contribution in [2.24, 2.45) is 0 Å². The Morgan fingerprint density at radius 2 is 2.09 bits per heavy atom. The average molecular weight is 160 g/mol. The molecule has 0 radical (unpaired) electrons. The van der Waals surface area contributed by atoms with Crippen LogP contribution in [0.3, 0.4) is 0 Å². The van der Waals surface area contributed by atoms with E-state index >= 15 is 0 Å². The molecule has 0 spiro atoms. The molecule has 0 aliphatic rings. The van der Waals surface area contributed by atoms with Gasteiger partial charge >= 0.3 is 5.97 Å². The molecule has 0 amide bonds. The Kier molecular flexibility index (Phi) is 4.49. The molecule has 2 atom stereocenters. The standard InChI is InChI=1S/C7H12O4/c1-5(8)6(9)3-4-7(10)11-2/h3-6,8-9H,1-2H3/b4-3+. The molecule has 2 N–H and O–H groups in total. The number of carbonyl (C=O) groups excluding carboxylic acids is 1. The minimum atomic E-state index is -1.02. The van der Waals surface area contributed by atoms with E-state index in [2.05, 4.69) is 4.74 Å². The van der Waals surface area contributed by atoms with Gasteiger partial charge in [-0.3, -0.25) is 0 Å². The highest BCUT2D eigenvalue weighted by Gasteiger charge is 2.06. The van der Waals surface area contributed by atoms with Gasteiger partial charge in [0.05, 0.1) is 19.3 Å². The van der Waals surface area contributed by atoms with Crippen LogP contribution < -0.4 is 0 Å². The highest BCUT2D eigenvalue weighted by molar-refractivity contribution is 5.81. The number of hydrogen-bond donors (Lipinski definition) is 2. The molecule has 0 saturated carbocycles. The van der Waals surface area contributed by atoms with E-state index in [1.807, 2.05) is 0 Å². The molecule has 0 aromatic carbocycles. The molecule has 0 aromatic heterocycles. The molecule has 0 heterocycles. The van der Waals surface area contributed by atoms with Gasteiger partial charge in [-0.1, -0.05) is 0 Å². The van der Waals surface area contributed by atoms with Crippen molar-refractivity contribution < 1.29 is 19.7 Å². The summed E-state index contributed by atoms with van der Waals surface area (Å²) in [6.45, 7) is 1.42. The van der Waals surface area contributed by atoms with Crippen molar-refractivity contribution in [3.8, 4) is 0 Å². The van der Waals surface area contributed by atoms with Crippen molar-refractivity contribution in [2.75, 3.05) is 7.11 Å². The summed E-state index contributed by atoms with van der Waals surface area (Å²) in [5.74, 6) is -0.551. The molecule has 11 heavy (non-hydrogen) atoms. The molecular weight excluding hydrogens is 148 g/mol. The van der Waals surface area contributed by atoms with Gasteiger partial charge in [-0.05, 0) is 13.0 Å². The van der Waals surface area contributed by atoms with Crippen LogP contribution in [0.4, 0.5) is 0 Å². The first-order valence-electron chi connectivity index (χ1n) is 3.20. The lowest BCUT2D eigenvalue weighted by molar-refractivity contribution is -0.134. The van der Waals surface area contributed by atoms with Crippen LogP contribution >= 0.6 is 0 Å². The maximum Gasteiger partial charge on any atom is 0.330 e. The van der Waals surface area contributed by atoms with Crippen LogP contribution in [0, 0.1) is 0 Å². The van der Waals surface area contributed by atoms with Gasteiger partial charge in [0, 0.05) is 6.08 Å². The fourth-order valence-corrected chi connectivity index (χ4v) is 0.406. The molecule has 0 bridgehead atoms. The van der Waals surface area contributed by atoms with Crippen LogP contribution in [0.25, 0.3) is 0 Å². The summed E-state index contributed by atoms with van der Waals surface area (Å²) >= 11 is 0. The topological polar surface area (TPSA) is 66.8 Å². The molecular formula is C7H12O4. The maximum absolute atomic E-state index is 10.4. The third-order valence-corrected chi connectivity index (χ3v) is 1.12. The van der Waals surface area contributed by atoms with Crippen LogP contribution in [0.1, 0.15) is 6.92 Å². The molecule has 4 nitrogen and oxygen atoms in total. The third kappa shape index (κ3) is 4.52. The van der Waals surface area contributed by atoms with Crippen molar-refractivity contribution in [1.29, 1.82) is 0 Å². The smallest absolute Gasteiger partial charge is 0.330 e. The quantitative estimate of drug-likeness (QED) is 0.429. The molecule has 0 fully saturated rings. The van der Waals surface area contributed by atoms with Crippen molar-refractivity contribution in [2.45, 2.75) is 19.1 Å². The fourth-order valence-electron chi connectivity index (χ4n) is 0.406. The normalized spacial score (nSPS) is 16.4. The number of aliphatic hydroxyl groups excluding tert-OH is 2. The third-order valence-electron chi connectivity index (χ3n) is 1.12. The van der Waals surface area contributed by atoms with Crippen molar-refractivity contribution in [3.63, 3.8) is 0 Å². The summed E-state index contributed by atoms with van der Waals surface area (Å²) in [6.07, 6.45) is 0.346. The Labute approximate surface area is 65.1 Å². The second kappa shape index (κ2) is 4.87. The summed E-state index contributed by atoms with van der Waals surface area (Å²) < 4.78 is 4.26. The van der Waals surface area contributed by atoms with Crippen LogP contribution in [-0.2, 0) is 9.53 Å². The van der Waals surface area contributed by atoms with Crippen LogP contribution in [0.15, 0.2) is 12.2 Å². The zero-order chi connectivity index (χ0) is 8.85. The van der Waals surface area contributed by atoms with Gasteiger partial charge in [-0.25, -0.2) is 4.79 Å². The molecule has 2 unspecified atom stereocenters. The first kappa shape index (κ1) is 10.1. The predicted molar refractivity (Wildman–Crippen MR) is 38.8 cm³/mol. The maximum atomic E-state index is 10.4. The van der Waals surface area contributed by atoms with Gasteiger partial charge < -0.3 is 14.9 Å². The average Bonchev–Trinajstić information content (AvgIpc) is 1.99. The van der Waals surface area contributed by atoms with Crippen LogP contribution in [-0.4, -0.2) is 35.5 Å². The van der Waals surface area contributed by atoms with E-state index in [4.69, 9.17) is 10.2 Å². The van der Waals surface area contributed by atoms with E-state index in [1.165, 1.54) is 20.1 Å². The molecule has 64 valence electrons. The van der Waals surface area contributed by atoms with Gasteiger partial charge in [0.25, 0.3) is 0 Å². The van der Waals surface area contributed by atoms with Crippen molar-refractivity contribution in [3.05, 3.63) is 12.2 Å². The number of esters is 1. The van der Waals surface area contributed by atoms with Crippen LogP contribution in [0.2, 0.25) is 0 Å². The SMILES string of the molecule is COC(=O)/C=C/C(O)C(C)O. The number of methoxy groups -OCH3 is 1. The summed E-state index contributed by atoms with van der Waals surface area (Å²) in [7, 11) is 1.24. The Hall–Kier alpha value is -0.870. The lowest BCUT2D eigenvalue weighted by atomic mass is 10.2. The van der Waals surface area contributed by atoms with Crippen molar-refractivity contribution in [1.82, 2.24) is 0 Å². The summed E-state index contributed by atoms with van der Waals surface area (Å²) in [5, 5.41) is 17.7. The van der Waals surface area contributed by atoms with Gasteiger partial charge in [-0.2, -0.15) is 0 Å². The Balaban J connectivity index is 3.82. The fraction of sp³-hybridized carbons (Fsp3) is 0.571. The van der Waals surface area contributed by atoms with E-state index in [9.17, 15) is 4.79 Å².